The zero-order chi connectivity index (χ0) is 24.8. The first kappa shape index (κ1) is 25.1. The van der Waals surface area contributed by atoms with Crippen molar-refractivity contribution in [3.05, 3.63) is 76.0 Å². The van der Waals surface area contributed by atoms with Gasteiger partial charge in [-0.2, -0.15) is 4.98 Å². The number of nitrogens with one attached hydrogen (secondary N) is 1. The van der Waals surface area contributed by atoms with Gasteiger partial charge >= 0.3 is 5.97 Å². The summed E-state index contributed by atoms with van der Waals surface area (Å²) in [5.41, 5.74) is 2.84. The Bertz CT molecular complexity index is 1230. The summed E-state index contributed by atoms with van der Waals surface area (Å²) in [5.74, 6) is 1.68. The first-order chi connectivity index (χ1) is 17.0. The van der Waals surface area contributed by atoms with Gasteiger partial charge in [0.15, 0.2) is 0 Å². The lowest BCUT2D eigenvalue weighted by atomic mass is 9.95. The van der Waals surface area contributed by atoms with E-state index < -0.39 is 6.04 Å². The molecule has 1 unspecified atom stereocenters. The summed E-state index contributed by atoms with van der Waals surface area (Å²) in [7, 11) is 0. The Kier molecular flexibility index (Phi) is 8.36. The molecule has 1 N–H and O–H groups in total. The molecule has 1 aliphatic rings. The van der Waals surface area contributed by atoms with Crippen LogP contribution < -0.4 is 10.1 Å². The highest BCUT2D eigenvalue weighted by molar-refractivity contribution is 7.99. The van der Waals surface area contributed by atoms with Gasteiger partial charge in [0.25, 0.3) is 0 Å². The molecule has 184 valence electrons. The molecule has 9 heteroatoms. The topological polar surface area (TPSA) is 78.3 Å². The Morgan fingerprint density at radius 2 is 1.94 bits per heavy atom. The van der Waals surface area contributed by atoms with Gasteiger partial charge in [0, 0.05) is 21.8 Å². The normalized spacial score (nSPS) is 14.9. The second-order valence-electron chi connectivity index (χ2n) is 8.07. The van der Waals surface area contributed by atoms with E-state index in [0.717, 1.165) is 29.7 Å². The number of allylic oxidation sites excluding steroid dienone is 1. The smallest absolute Gasteiger partial charge is 0.338 e. The van der Waals surface area contributed by atoms with Gasteiger partial charge in [-0.1, -0.05) is 80.0 Å². The van der Waals surface area contributed by atoms with Crippen molar-refractivity contribution in [3.63, 3.8) is 0 Å². The Labute approximate surface area is 214 Å². The molecule has 2 aromatic carbocycles. The van der Waals surface area contributed by atoms with Crippen molar-refractivity contribution in [2.45, 2.75) is 51.4 Å². The third-order valence-electron chi connectivity index (χ3n) is 5.61. The number of benzene rings is 2. The van der Waals surface area contributed by atoms with Gasteiger partial charge in [0.1, 0.15) is 18.4 Å². The van der Waals surface area contributed by atoms with E-state index in [1.54, 1.807) is 16.4 Å². The van der Waals surface area contributed by atoms with Gasteiger partial charge in [-0.15, -0.1) is 5.10 Å². The predicted octanol–water partition coefficient (Wildman–Crippen LogP) is 6.25. The molecule has 3 aromatic rings. The van der Waals surface area contributed by atoms with Crippen molar-refractivity contribution in [3.8, 4) is 5.75 Å². The van der Waals surface area contributed by atoms with Gasteiger partial charge in [-0.25, -0.2) is 9.48 Å². The number of thioether (sulfide) groups is 1. The fourth-order valence-corrected chi connectivity index (χ4v) is 4.61. The maximum absolute atomic E-state index is 13.3. The minimum atomic E-state index is -0.554. The molecular formula is C26H29ClN4O3S. The molecule has 0 bridgehead atoms. The Morgan fingerprint density at radius 3 is 2.71 bits per heavy atom. The van der Waals surface area contributed by atoms with Crippen LogP contribution >= 0.6 is 23.4 Å². The second-order valence-corrected chi connectivity index (χ2v) is 9.71. The molecule has 4 rings (SSSR count). The van der Waals surface area contributed by atoms with E-state index in [9.17, 15) is 4.79 Å². The third-order valence-corrected chi connectivity index (χ3v) is 6.70. The number of ether oxygens (including phenoxy) is 2. The molecule has 0 fully saturated rings. The molecular weight excluding hydrogens is 484 g/mol. The summed E-state index contributed by atoms with van der Waals surface area (Å²) in [6.07, 6.45) is 1.75. The number of nitrogens with zero attached hydrogens (tertiary/aromatic N) is 3. The van der Waals surface area contributed by atoms with E-state index >= 15 is 0 Å². The second kappa shape index (κ2) is 11.6. The Hall–Kier alpha value is -2.97. The van der Waals surface area contributed by atoms with Crippen LogP contribution in [0.1, 0.15) is 50.8 Å². The number of aromatic nitrogens is 3. The van der Waals surface area contributed by atoms with Crippen molar-refractivity contribution in [1.29, 1.82) is 0 Å². The molecule has 1 atom stereocenters. The monoisotopic (exact) mass is 512 g/mol. The quantitative estimate of drug-likeness (QED) is 0.195. The van der Waals surface area contributed by atoms with Crippen LogP contribution in [0.5, 0.6) is 5.75 Å². The lowest BCUT2D eigenvalue weighted by Gasteiger charge is -2.29. The van der Waals surface area contributed by atoms with Crippen molar-refractivity contribution in [1.82, 2.24) is 14.8 Å². The van der Waals surface area contributed by atoms with E-state index in [0.29, 0.717) is 46.4 Å². The van der Waals surface area contributed by atoms with E-state index in [-0.39, 0.29) is 5.97 Å². The summed E-state index contributed by atoms with van der Waals surface area (Å²) < 4.78 is 13.6. The molecule has 1 aromatic heterocycles. The largest absolute Gasteiger partial charge is 0.488 e. The van der Waals surface area contributed by atoms with Crippen LogP contribution in [0.3, 0.4) is 0 Å². The molecule has 0 saturated carbocycles. The van der Waals surface area contributed by atoms with Crippen LogP contribution in [0.25, 0.3) is 0 Å². The number of para-hydroxylation sites is 1. The van der Waals surface area contributed by atoms with Crippen molar-refractivity contribution in [2.75, 3.05) is 17.7 Å². The number of rotatable bonds is 10. The minimum Gasteiger partial charge on any atom is -0.488 e. The Morgan fingerprint density at radius 1 is 1.17 bits per heavy atom. The van der Waals surface area contributed by atoms with Crippen LogP contribution in [0, 0.1) is 0 Å². The highest BCUT2D eigenvalue weighted by atomic mass is 35.5. The first-order valence-corrected chi connectivity index (χ1v) is 13.1. The molecule has 0 radical (unpaired) electrons. The molecule has 1 aliphatic heterocycles. The number of esters is 1. The zero-order valence-electron chi connectivity index (χ0n) is 20.1. The van der Waals surface area contributed by atoms with Crippen LogP contribution in [-0.2, 0) is 16.1 Å². The van der Waals surface area contributed by atoms with Gasteiger partial charge in [0.2, 0.25) is 11.1 Å². The lowest BCUT2D eigenvalue weighted by Crippen LogP contribution is -2.30. The number of anilines is 1. The van der Waals surface area contributed by atoms with E-state index in [2.05, 4.69) is 17.2 Å². The van der Waals surface area contributed by atoms with Gasteiger partial charge in [-0.3, -0.25) is 0 Å². The highest BCUT2D eigenvalue weighted by Gasteiger charge is 2.36. The number of carbonyl (C=O) groups is 1. The maximum Gasteiger partial charge on any atom is 0.338 e. The summed E-state index contributed by atoms with van der Waals surface area (Å²) >= 11 is 7.88. The number of fused-ring (bicyclic) bond motifs is 1. The Balaban J connectivity index is 1.74. The SMILES string of the molecule is CCCCOC(=O)C1=C(C)Nc2nc(SCC)nn2C1c1ccccc1OCc1ccccc1Cl. The summed E-state index contributed by atoms with van der Waals surface area (Å²) in [6, 6.07) is 14.7. The maximum atomic E-state index is 13.3. The summed E-state index contributed by atoms with van der Waals surface area (Å²) in [5, 5.41) is 9.25. The molecule has 0 saturated heterocycles. The number of halogens is 1. The minimum absolute atomic E-state index is 0.293. The van der Waals surface area contributed by atoms with Crippen molar-refractivity contribution >= 4 is 35.3 Å². The van der Waals surface area contributed by atoms with E-state index in [4.69, 9.17) is 26.2 Å². The van der Waals surface area contributed by atoms with Gasteiger partial charge in [-0.05, 0) is 31.2 Å². The average Bonchev–Trinajstić information content (AvgIpc) is 3.25. The number of hydrogen-bond acceptors (Lipinski definition) is 7. The number of hydrogen-bond donors (Lipinski definition) is 1. The van der Waals surface area contributed by atoms with Crippen molar-refractivity contribution < 1.29 is 14.3 Å². The fourth-order valence-electron chi connectivity index (χ4n) is 3.87. The van der Waals surface area contributed by atoms with E-state index in [1.165, 1.54) is 0 Å². The van der Waals surface area contributed by atoms with Crippen molar-refractivity contribution in [2.24, 2.45) is 0 Å². The molecule has 0 amide bonds. The molecule has 35 heavy (non-hydrogen) atoms. The standard InChI is InChI=1S/C26H29ClN4O3S/c1-4-6-15-33-24(32)22-17(3)28-25-29-26(35-5-2)30-31(25)23(22)19-12-8-10-14-21(19)34-16-18-11-7-9-13-20(18)27/h7-14,23H,4-6,15-16H2,1-3H3,(H,28,29,30). The van der Waals surface area contributed by atoms with Crippen LogP contribution in [0.4, 0.5) is 5.95 Å². The molecule has 7 nitrogen and oxygen atoms in total. The third kappa shape index (κ3) is 5.65. The summed E-state index contributed by atoms with van der Waals surface area (Å²) in [4.78, 5) is 17.9. The lowest BCUT2D eigenvalue weighted by molar-refractivity contribution is -0.139. The molecule has 0 aliphatic carbocycles. The van der Waals surface area contributed by atoms with Gasteiger partial charge < -0.3 is 14.8 Å². The number of unbranched alkanes of at least 4 members (excludes halogenated alkanes) is 1. The zero-order valence-corrected chi connectivity index (χ0v) is 21.7. The fraction of sp³-hybridized carbons (Fsp3) is 0.346. The van der Waals surface area contributed by atoms with Crippen LogP contribution in [0.15, 0.2) is 65.0 Å². The number of carbonyl (C=O) groups excluding carboxylic acids is 1. The van der Waals surface area contributed by atoms with Crippen LogP contribution in [0.2, 0.25) is 5.02 Å². The first-order valence-electron chi connectivity index (χ1n) is 11.7. The predicted molar refractivity (Wildman–Crippen MR) is 139 cm³/mol. The average molecular weight is 513 g/mol. The molecule has 2 heterocycles. The van der Waals surface area contributed by atoms with Crippen LogP contribution in [-0.4, -0.2) is 33.1 Å². The summed E-state index contributed by atoms with van der Waals surface area (Å²) in [6.45, 7) is 6.63. The van der Waals surface area contributed by atoms with Gasteiger partial charge in [0.05, 0.1) is 12.2 Å². The highest BCUT2D eigenvalue weighted by Crippen LogP contribution is 2.40. The van der Waals surface area contributed by atoms with E-state index in [1.807, 2.05) is 62.4 Å². The molecule has 0 spiro atoms.